The maximum Gasteiger partial charge on any atom is 0.165 e. The summed E-state index contributed by atoms with van der Waals surface area (Å²) in [4.78, 5) is 10.2. The molecule has 10 aromatic rings. The van der Waals surface area contributed by atoms with Crippen LogP contribution < -0.4 is 0 Å². The van der Waals surface area contributed by atoms with Gasteiger partial charge in [-0.25, -0.2) is 9.97 Å². The number of benzene rings is 6. The van der Waals surface area contributed by atoms with Crippen LogP contribution in [0.4, 0.5) is 0 Å². The number of rotatable bonds is 1. The summed E-state index contributed by atoms with van der Waals surface area (Å²) in [5.74, 6) is 0. The molecule has 0 unspecified atom stereocenters. The molecule has 0 amide bonds. The molecule has 6 aromatic carbocycles. The highest BCUT2D eigenvalue weighted by Gasteiger charge is 2.25. The fourth-order valence-corrected chi connectivity index (χ4v) is 6.76. The molecule has 0 bridgehead atoms. The minimum atomic E-state index is 0.872. The molecule has 0 spiro atoms. The van der Waals surface area contributed by atoms with Gasteiger partial charge in [-0.1, -0.05) is 84.9 Å². The van der Waals surface area contributed by atoms with Gasteiger partial charge in [0.25, 0.3) is 0 Å². The minimum Gasteiger partial charge on any atom is -0.455 e. The Balaban J connectivity index is 1.40. The van der Waals surface area contributed by atoms with E-state index in [1.54, 1.807) is 0 Å². The number of nitrogens with zero attached hydrogens (tertiary/aromatic N) is 3. The van der Waals surface area contributed by atoms with E-state index in [0.29, 0.717) is 0 Å². The van der Waals surface area contributed by atoms with Crippen LogP contribution in [0.15, 0.2) is 120 Å². The van der Waals surface area contributed by atoms with Crippen LogP contribution in [0.1, 0.15) is 0 Å². The number of furan rings is 1. The fourth-order valence-electron chi connectivity index (χ4n) is 6.76. The second kappa shape index (κ2) is 7.13. The summed E-state index contributed by atoms with van der Waals surface area (Å²) in [5, 5.41) is 8.18. The average molecular weight is 510 g/mol. The molecule has 40 heavy (non-hydrogen) atoms. The summed E-state index contributed by atoms with van der Waals surface area (Å²) < 4.78 is 9.08. The second-order valence-electron chi connectivity index (χ2n) is 10.6. The summed E-state index contributed by atoms with van der Waals surface area (Å²) in [7, 11) is 0. The van der Waals surface area contributed by atoms with E-state index in [2.05, 4.69) is 95.4 Å². The highest BCUT2D eigenvalue weighted by Crippen LogP contribution is 2.46. The molecule has 0 radical (unpaired) electrons. The maximum atomic E-state index is 6.79. The quantitative estimate of drug-likeness (QED) is 0.221. The van der Waals surface area contributed by atoms with Crippen molar-refractivity contribution in [3.05, 3.63) is 115 Å². The van der Waals surface area contributed by atoms with Gasteiger partial charge in [-0.2, -0.15) is 0 Å². The van der Waals surface area contributed by atoms with Crippen LogP contribution >= 0.6 is 0 Å². The summed E-state index contributed by atoms with van der Waals surface area (Å²) in [6.45, 7) is 0. The fraction of sp³-hybridized carbons (Fsp3) is 0. The molecule has 0 N–H and O–H groups in total. The predicted molar refractivity (Wildman–Crippen MR) is 164 cm³/mol. The second-order valence-corrected chi connectivity index (χ2v) is 10.6. The molecule has 0 aliphatic carbocycles. The Labute approximate surface area is 227 Å². The summed E-state index contributed by atoms with van der Waals surface area (Å²) in [5.41, 5.74) is 9.90. The third-order valence-corrected chi connectivity index (χ3v) is 8.48. The van der Waals surface area contributed by atoms with E-state index < -0.39 is 0 Å². The molecule has 0 saturated carbocycles. The molecule has 4 heteroatoms. The van der Waals surface area contributed by atoms with Crippen molar-refractivity contribution in [1.82, 2.24) is 14.4 Å². The lowest BCUT2D eigenvalue weighted by molar-refractivity contribution is 0.671. The van der Waals surface area contributed by atoms with E-state index in [-0.39, 0.29) is 0 Å². The van der Waals surface area contributed by atoms with Crippen molar-refractivity contribution in [3.8, 4) is 11.1 Å². The molecule has 184 valence electrons. The van der Waals surface area contributed by atoms with Crippen LogP contribution in [0.2, 0.25) is 0 Å². The van der Waals surface area contributed by atoms with Gasteiger partial charge >= 0.3 is 0 Å². The molecule has 4 aromatic heterocycles. The first kappa shape index (κ1) is 20.5. The van der Waals surface area contributed by atoms with Gasteiger partial charge in [0.05, 0.1) is 22.1 Å². The first-order chi connectivity index (χ1) is 19.8. The van der Waals surface area contributed by atoms with Crippen molar-refractivity contribution in [2.24, 2.45) is 0 Å². The Kier molecular flexibility index (Phi) is 3.65. The topological polar surface area (TPSA) is 43.3 Å². The summed E-state index contributed by atoms with van der Waals surface area (Å²) in [6, 6.07) is 40.5. The Morgan fingerprint density at radius 2 is 1.35 bits per heavy atom. The van der Waals surface area contributed by atoms with Gasteiger partial charge in [0.2, 0.25) is 0 Å². The normalized spacial score (nSPS) is 12.5. The molecule has 0 aliphatic rings. The Morgan fingerprint density at radius 3 is 2.27 bits per heavy atom. The largest absolute Gasteiger partial charge is 0.455 e. The van der Waals surface area contributed by atoms with E-state index in [1.807, 2.05) is 24.3 Å². The van der Waals surface area contributed by atoms with Crippen molar-refractivity contribution in [1.29, 1.82) is 0 Å². The number of fused-ring (bicyclic) bond motifs is 12. The van der Waals surface area contributed by atoms with Crippen LogP contribution in [0, 0.1) is 0 Å². The lowest BCUT2D eigenvalue weighted by atomic mass is 9.98. The monoisotopic (exact) mass is 509 g/mol. The van der Waals surface area contributed by atoms with E-state index in [1.165, 1.54) is 21.5 Å². The van der Waals surface area contributed by atoms with Crippen molar-refractivity contribution in [3.63, 3.8) is 0 Å². The molecule has 0 saturated heterocycles. The van der Waals surface area contributed by atoms with Crippen molar-refractivity contribution in [2.75, 3.05) is 0 Å². The SMILES string of the molecule is c1ccc2cc(-c3cccc4c3oc3cc5c6nc7ccccc7nc6n6c7ccccc7c(c34)c56)ccc2c1. The highest BCUT2D eigenvalue weighted by atomic mass is 16.3. The van der Waals surface area contributed by atoms with Crippen LogP contribution in [0.3, 0.4) is 0 Å². The first-order valence-electron chi connectivity index (χ1n) is 13.5. The van der Waals surface area contributed by atoms with E-state index in [0.717, 1.165) is 71.7 Å². The van der Waals surface area contributed by atoms with Crippen molar-refractivity contribution >= 4 is 82.1 Å². The zero-order valence-electron chi connectivity index (χ0n) is 21.2. The number of aromatic nitrogens is 3. The van der Waals surface area contributed by atoms with Gasteiger partial charge in [0.15, 0.2) is 5.65 Å². The Hall–Kier alpha value is -5.48. The van der Waals surface area contributed by atoms with E-state index in [4.69, 9.17) is 14.4 Å². The smallest absolute Gasteiger partial charge is 0.165 e. The number of para-hydroxylation sites is 4. The van der Waals surface area contributed by atoms with Gasteiger partial charge in [0, 0.05) is 32.5 Å². The predicted octanol–water partition coefficient (Wildman–Crippen LogP) is 9.50. The maximum absolute atomic E-state index is 6.79. The lowest BCUT2D eigenvalue weighted by Gasteiger charge is -2.05. The van der Waals surface area contributed by atoms with Crippen molar-refractivity contribution in [2.45, 2.75) is 0 Å². The standard InChI is InChI=1S/C36H19N3O/c1-2-9-21-18-22(17-16-20(21)8-1)23-11-7-12-25-31-30(40-35(23)25)19-26-33-36(38-28-14-5-4-13-27(28)37-33)39-29-15-6-3-10-24(29)32(31)34(26)39/h1-19H. The van der Waals surface area contributed by atoms with Crippen molar-refractivity contribution < 1.29 is 4.42 Å². The average Bonchev–Trinajstić information content (AvgIpc) is 3.65. The molecular formula is C36H19N3O. The highest BCUT2D eigenvalue weighted by molar-refractivity contribution is 6.34. The molecule has 0 atom stereocenters. The van der Waals surface area contributed by atoms with E-state index >= 15 is 0 Å². The van der Waals surface area contributed by atoms with Gasteiger partial charge in [-0.05, 0) is 46.7 Å². The summed E-state index contributed by atoms with van der Waals surface area (Å²) >= 11 is 0. The van der Waals surface area contributed by atoms with Gasteiger partial charge in [-0.3, -0.25) is 4.40 Å². The zero-order chi connectivity index (χ0) is 25.9. The Bertz CT molecular complexity index is 2660. The summed E-state index contributed by atoms with van der Waals surface area (Å²) in [6.07, 6.45) is 0. The Morgan fingerprint density at radius 1 is 0.575 bits per heavy atom. The van der Waals surface area contributed by atoms with Crippen LogP contribution in [0.25, 0.3) is 93.2 Å². The zero-order valence-corrected chi connectivity index (χ0v) is 21.2. The molecule has 0 aliphatic heterocycles. The molecule has 4 nitrogen and oxygen atoms in total. The molecule has 0 fully saturated rings. The van der Waals surface area contributed by atoms with E-state index in [9.17, 15) is 0 Å². The van der Waals surface area contributed by atoms with Crippen LogP contribution in [-0.4, -0.2) is 14.4 Å². The van der Waals surface area contributed by atoms with Gasteiger partial charge < -0.3 is 4.42 Å². The van der Waals surface area contributed by atoms with Crippen LogP contribution in [-0.2, 0) is 0 Å². The number of hydrogen-bond donors (Lipinski definition) is 0. The van der Waals surface area contributed by atoms with Gasteiger partial charge in [-0.15, -0.1) is 0 Å². The third-order valence-electron chi connectivity index (χ3n) is 8.48. The lowest BCUT2D eigenvalue weighted by Crippen LogP contribution is -1.88. The third kappa shape index (κ3) is 2.46. The van der Waals surface area contributed by atoms with Crippen LogP contribution in [0.5, 0.6) is 0 Å². The molecular weight excluding hydrogens is 490 g/mol. The van der Waals surface area contributed by atoms with Gasteiger partial charge in [0.1, 0.15) is 16.7 Å². The first-order valence-corrected chi connectivity index (χ1v) is 13.5. The minimum absolute atomic E-state index is 0.872. The molecule has 10 rings (SSSR count). The molecule has 4 heterocycles. The number of hydrogen-bond acceptors (Lipinski definition) is 3.